The topological polar surface area (TPSA) is 124 Å². The molecule has 228 valence electrons. The lowest BCUT2D eigenvalue weighted by atomic mass is 9.46. The lowest BCUT2D eigenvalue weighted by Gasteiger charge is -2.65. The summed E-state index contributed by atoms with van der Waals surface area (Å²) in [5.74, 6) is -1.54. The van der Waals surface area contributed by atoms with E-state index in [9.17, 15) is 19.8 Å². The average molecular weight is 584 g/mol. The zero-order valence-electron chi connectivity index (χ0n) is 24.8. The van der Waals surface area contributed by atoms with Crippen LogP contribution in [0.25, 0.3) is 0 Å². The molecule has 5 fully saturated rings. The summed E-state index contributed by atoms with van der Waals surface area (Å²) < 4.78 is 29.4. The van der Waals surface area contributed by atoms with Crippen LogP contribution in [0.5, 0.6) is 5.75 Å². The number of fused-ring (bicyclic) bond motifs is 2. The van der Waals surface area contributed by atoms with E-state index in [2.05, 4.69) is 11.8 Å². The van der Waals surface area contributed by atoms with E-state index in [-0.39, 0.29) is 43.1 Å². The van der Waals surface area contributed by atoms with Gasteiger partial charge in [0.2, 0.25) is 0 Å². The highest BCUT2D eigenvalue weighted by Gasteiger charge is 2.87. The van der Waals surface area contributed by atoms with E-state index < -0.39 is 58.1 Å². The summed E-state index contributed by atoms with van der Waals surface area (Å²) in [6, 6.07) is 6.49. The third kappa shape index (κ3) is 3.15. The summed E-state index contributed by atoms with van der Waals surface area (Å²) in [6.45, 7) is 3.50. The smallest absolute Gasteiger partial charge is 0.338 e. The van der Waals surface area contributed by atoms with E-state index >= 15 is 0 Å². The summed E-state index contributed by atoms with van der Waals surface area (Å²) in [6.07, 6.45) is 1.95. The first kappa shape index (κ1) is 28.4. The Morgan fingerprint density at radius 3 is 2.38 bits per heavy atom. The first-order valence-corrected chi connectivity index (χ1v) is 14.9. The van der Waals surface area contributed by atoms with Crippen LogP contribution in [0.1, 0.15) is 30.1 Å². The van der Waals surface area contributed by atoms with Crippen molar-refractivity contribution < 1.29 is 43.5 Å². The van der Waals surface area contributed by atoms with Crippen molar-refractivity contribution >= 4 is 11.8 Å². The van der Waals surface area contributed by atoms with Gasteiger partial charge in [0.05, 0.1) is 42.5 Å². The maximum atomic E-state index is 13.9. The highest BCUT2D eigenvalue weighted by Crippen LogP contribution is 2.78. The molecule has 1 aliphatic heterocycles. The molecule has 1 heterocycles. The van der Waals surface area contributed by atoms with Gasteiger partial charge in [0.15, 0.2) is 5.78 Å². The van der Waals surface area contributed by atoms with Gasteiger partial charge in [-0.2, -0.15) is 0 Å². The zero-order valence-corrected chi connectivity index (χ0v) is 24.8. The Kier molecular flexibility index (Phi) is 6.32. The summed E-state index contributed by atoms with van der Waals surface area (Å²) in [5, 5.41) is 25.5. The van der Waals surface area contributed by atoms with E-state index in [0.717, 1.165) is 0 Å². The number of carbonyl (C=O) groups excluding carboxylic acids is 2. The molecule has 42 heavy (non-hydrogen) atoms. The molecule has 12 atom stereocenters. The Hall–Kier alpha value is -2.34. The Bertz CT molecular complexity index is 1320. The molecular weight excluding hydrogens is 542 g/mol. The van der Waals surface area contributed by atoms with Crippen LogP contribution < -0.4 is 4.74 Å². The van der Waals surface area contributed by atoms with Gasteiger partial charge in [-0.25, -0.2) is 4.79 Å². The van der Waals surface area contributed by atoms with Gasteiger partial charge in [0.25, 0.3) is 0 Å². The van der Waals surface area contributed by atoms with Gasteiger partial charge >= 0.3 is 5.97 Å². The minimum Gasteiger partial charge on any atom is -0.497 e. The minimum atomic E-state index is -1.52. The quantitative estimate of drug-likeness (QED) is 0.435. The van der Waals surface area contributed by atoms with Gasteiger partial charge in [0, 0.05) is 63.5 Å². The van der Waals surface area contributed by atoms with Crippen molar-refractivity contribution in [2.45, 2.75) is 55.3 Å². The van der Waals surface area contributed by atoms with Crippen LogP contribution in [0, 0.1) is 34.5 Å². The second-order valence-electron chi connectivity index (χ2n) is 13.3. The van der Waals surface area contributed by atoms with E-state index in [1.807, 2.05) is 6.08 Å². The Balaban J connectivity index is 1.40. The summed E-state index contributed by atoms with van der Waals surface area (Å²) in [4.78, 5) is 29.8. The van der Waals surface area contributed by atoms with Crippen molar-refractivity contribution in [3.8, 4) is 5.75 Å². The maximum Gasteiger partial charge on any atom is 0.338 e. The van der Waals surface area contributed by atoms with Crippen LogP contribution in [-0.4, -0.2) is 111 Å². The molecular formula is C32H41NO9. The van der Waals surface area contributed by atoms with Gasteiger partial charge in [-0.15, -0.1) is 0 Å². The van der Waals surface area contributed by atoms with Gasteiger partial charge in [-0.1, -0.05) is 13.0 Å². The van der Waals surface area contributed by atoms with Crippen molar-refractivity contribution in [2.24, 2.45) is 34.5 Å². The van der Waals surface area contributed by atoms with Crippen molar-refractivity contribution in [3.63, 3.8) is 0 Å². The molecule has 1 saturated heterocycles. The molecule has 7 bridgehead atoms. The molecule has 1 spiro atoms. The van der Waals surface area contributed by atoms with E-state index in [4.69, 9.17) is 23.7 Å². The molecule has 0 aromatic heterocycles. The molecule has 4 saturated carbocycles. The molecule has 6 aliphatic rings. The average Bonchev–Trinajstić information content (AvgIpc) is 3.36. The van der Waals surface area contributed by atoms with E-state index in [0.29, 0.717) is 24.4 Å². The van der Waals surface area contributed by atoms with Crippen LogP contribution in [0.3, 0.4) is 0 Å². The Morgan fingerprint density at radius 2 is 1.76 bits per heavy atom. The fraction of sp³-hybridized carbons (Fsp3) is 0.688. The first-order valence-electron chi connectivity index (χ1n) is 14.9. The number of benzene rings is 1. The second kappa shape index (κ2) is 9.33. The van der Waals surface area contributed by atoms with Gasteiger partial charge in [-0.05, 0) is 49.2 Å². The van der Waals surface area contributed by atoms with Crippen LogP contribution in [0.2, 0.25) is 0 Å². The number of aliphatic hydroxyl groups is 2. The predicted octanol–water partition coefficient (Wildman–Crippen LogP) is 1.47. The molecule has 10 heteroatoms. The zero-order chi connectivity index (χ0) is 29.8. The number of likely N-dealkylation sites (tertiary alicyclic amines) is 1. The number of methoxy groups -OCH3 is 4. The molecule has 0 amide bonds. The second-order valence-corrected chi connectivity index (χ2v) is 13.3. The summed E-state index contributed by atoms with van der Waals surface area (Å²) >= 11 is 0. The van der Waals surface area contributed by atoms with Crippen molar-refractivity contribution in [1.29, 1.82) is 0 Å². The predicted molar refractivity (Wildman–Crippen MR) is 149 cm³/mol. The number of nitrogens with zero attached hydrogens (tertiary/aromatic N) is 1. The van der Waals surface area contributed by atoms with Crippen LogP contribution >= 0.6 is 0 Å². The van der Waals surface area contributed by atoms with E-state index in [1.54, 1.807) is 51.7 Å². The summed E-state index contributed by atoms with van der Waals surface area (Å²) in [7, 11) is 6.36. The molecule has 10 nitrogen and oxygen atoms in total. The Labute approximate surface area is 245 Å². The van der Waals surface area contributed by atoms with Crippen molar-refractivity contribution in [1.82, 2.24) is 4.90 Å². The molecule has 7 rings (SSSR count). The molecule has 1 aromatic rings. The highest BCUT2D eigenvalue weighted by atomic mass is 16.6. The Morgan fingerprint density at radius 1 is 1.02 bits per heavy atom. The minimum absolute atomic E-state index is 0.00846. The number of piperidine rings is 1. The number of ketones is 1. The number of esters is 1. The molecule has 5 aliphatic carbocycles. The van der Waals surface area contributed by atoms with Crippen LogP contribution in [0.4, 0.5) is 0 Å². The lowest BCUT2D eigenvalue weighted by molar-refractivity contribution is -0.257. The third-order valence-corrected chi connectivity index (χ3v) is 12.2. The first-order chi connectivity index (χ1) is 20.1. The standard InChI is InChI=1S/C32H41NO9/c1-6-33-15-29(16-38-2)20(34)11-12-30-19-13-31(36)21(40-4)14-32(37,23(26(30)33)24(41-5)25(29)30)22(19)27(31)42-28(35)17-7-9-18(39-3)10-8-17/h7-12,19,21-27,36-37H,6,13-16H2,1-5H3/t19-,21+,22-,23+,24+,25-,26-,27-,29+,30-,31-,32-/m1/s1. The fourth-order valence-electron chi connectivity index (χ4n) is 10.9. The number of hydrogen-bond donors (Lipinski definition) is 2. The van der Waals surface area contributed by atoms with Crippen molar-refractivity contribution in [2.75, 3.05) is 48.1 Å². The van der Waals surface area contributed by atoms with Gasteiger partial charge in [-0.3, -0.25) is 9.69 Å². The largest absolute Gasteiger partial charge is 0.497 e. The van der Waals surface area contributed by atoms with Gasteiger partial charge < -0.3 is 33.9 Å². The normalized spacial score (nSPS) is 47.9. The lowest BCUT2D eigenvalue weighted by Crippen LogP contribution is -2.74. The fourth-order valence-corrected chi connectivity index (χ4v) is 10.9. The highest BCUT2D eigenvalue weighted by molar-refractivity contribution is 5.97. The maximum absolute atomic E-state index is 13.9. The summed E-state index contributed by atoms with van der Waals surface area (Å²) in [5.41, 5.74) is -4.06. The third-order valence-electron chi connectivity index (χ3n) is 12.2. The SMILES string of the molecule is CCN1C[C@]2(COC)C(=O)C=C[C@@]34[C@@H]5C[C@@]6(O)[C@@H](OC)C[C@@](O)([C@H]5[C@H]6OC(=O)c5ccc(OC)cc5)[C@@H]([C@H](OC)[C@H]23)[C@@H]14. The van der Waals surface area contributed by atoms with Gasteiger partial charge in [0.1, 0.15) is 17.5 Å². The monoisotopic (exact) mass is 583 g/mol. The van der Waals surface area contributed by atoms with Crippen molar-refractivity contribution in [3.05, 3.63) is 42.0 Å². The molecule has 0 radical (unpaired) electrons. The molecule has 2 N–H and O–H groups in total. The molecule has 0 unspecified atom stereocenters. The number of carbonyl (C=O) groups is 2. The van der Waals surface area contributed by atoms with Crippen LogP contribution in [-0.2, 0) is 23.7 Å². The number of ether oxygens (including phenoxy) is 5. The number of rotatable bonds is 8. The number of hydrogen-bond acceptors (Lipinski definition) is 10. The molecule has 1 aromatic carbocycles. The van der Waals surface area contributed by atoms with E-state index in [1.165, 1.54) is 7.11 Å². The number of allylic oxidation sites excluding steroid dienone is 1. The van der Waals surface area contributed by atoms with Crippen LogP contribution in [0.15, 0.2) is 36.4 Å².